The maximum Gasteiger partial charge on any atom is 0.404 e. The van der Waals surface area contributed by atoms with Crippen LogP contribution in [-0.4, -0.2) is 41.2 Å². The Balaban J connectivity index is 1.43. The first-order valence-corrected chi connectivity index (χ1v) is 11.2. The van der Waals surface area contributed by atoms with Gasteiger partial charge < -0.3 is 15.2 Å². The molecule has 2 aromatic heterocycles. The van der Waals surface area contributed by atoms with Crippen molar-refractivity contribution in [2.24, 2.45) is 4.99 Å². The molecule has 1 saturated heterocycles. The van der Waals surface area contributed by atoms with Crippen LogP contribution < -0.4 is 15.0 Å². The number of quaternary nitrogens is 1. The number of aromatic nitrogens is 3. The Labute approximate surface area is 193 Å². The summed E-state index contributed by atoms with van der Waals surface area (Å²) in [6.45, 7) is 1.66. The summed E-state index contributed by atoms with van der Waals surface area (Å²) in [6.07, 6.45) is 3.20. The quantitative estimate of drug-likeness (QED) is 0.432. The highest BCUT2D eigenvalue weighted by Gasteiger charge is 2.40. The summed E-state index contributed by atoms with van der Waals surface area (Å²) in [5, 5.41) is 4.10. The summed E-state index contributed by atoms with van der Waals surface area (Å²) < 4.78 is 12.1. The number of aliphatic imine (C=N–C) groups is 1. The zero-order valence-corrected chi connectivity index (χ0v) is 18.8. The van der Waals surface area contributed by atoms with Gasteiger partial charge in [0.05, 0.1) is 23.3 Å². The van der Waals surface area contributed by atoms with Gasteiger partial charge in [0.15, 0.2) is 0 Å². The number of anilines is 1. The Kier molecular flexibility index (Phi) is 5.38. The van der Waals surface area contributed by atoms with Crippen LogP contribution in [-0.2, 0) is 11.3 Å². The van der Waals surface area contributed by atoms with Gasteiger partial charge in [0.25, 0.3) is 0 Å². The molecule has 2 aromatic carbocycles. The van der Waals surface area contributed by atoms with E-state index in [1.807, 2.05) is 48.8 Å². The Morgan fingerprint density at radius 1 is 1.22 bits per heavy atom. The zero-order chi connectivity index (χ0) is 22.1. The van der Waals surface area contributed by atoms with Crippen molar-refractivity contribution in [3.63, 3.8) is 0 Å². The first-order valence-electron chi connectivity index (χ1n) is 9.92. The third-order valence-corrected chi connectivity index (χ3v) is 6.43. The smallest absolute Gasteiger partial charge is 0.404 e. The number of nitrogens with two attached hydrogens (primary N) is 1. The summed E-state index contributed by atoms with van der Waals surface area (Å²) in [5.74, 6) is 1.03. The van der Waals surface area contributed by atoms with Gasteiger partial charge in [-0.3, -0.25) is 0 Å². The maximum absolute atomic E-state index is 6.54. The minimum Gasteiger partial charge on any atom is -0.485 e. The van der Waals surface area contributed by atoms with Crippen molar-refractivity contribution in [1.82, 2.24) is 19.4 Å². The van der Waals surface area contributed by atoms with Crippen LogP contribution in [0, 0.1) is 0 Å². The number of fused-ring (bicyclic) bond motifs is 1. The van der Waals surface area contributed by atoms with E-state index in [9.17, 15) is 0 Å². The maximum atomic E-state index is 6.54. The number of hydrogen-bond donors (Lipinski definition) is 1. The molecule has 1 unspecified atom stereocenters. The molecule has 1 atom stereocenters. The number of nitrogen functional groups attached to an aromatic ring is 1. The summed E-state index contributed by atoms with van der Waals surface area (Å²) in [6, 6.07) is 12.0. The van der Waals surface area contributed by atoms with Crippen LogP contribution in [0.1, 0.15) is 5.01 Å². The normalized spacial score (nSPS) is 19.4. The monoisotopic (exact) mass is 467 g/mol. The average molecular weight is 468 g/mol. The number of thiazole rings is 1. The lowest BCUT2D eigenvalue weighted by atomic mass is 10.2. The molecule has 0 aliphatic carbocycles. The minimum atomic E-state index is 0.380. The number of hydrogen-bond acceptors (Lipinski definition) is 8. The highest BCUT2D eigenvalue weighted by molar-refractivity contribution is 7.09. The molecule has 10 heteroatoms. The van der Waals surface area contributed by atoms with Crippen LogP contribution in [0.15, 0.2) is 59.3 Å². The number of halogens is 1. The second kappa shape index (κ2) is 8.34. The van der Waals surface area contributed by atoms with E-state index in [0.717, 1.165) is 33.8 Å². The van der Waals surface area contributed by atoms with E-state index in [0.29, 0.717) is 40.3 Å². The Morgan fingerprint density at radius 2 is 2.12 bits per heavy atom. The highest BCUT2D eigenvalue weighted by atomic mass is 35.5. The van der Waals surface area contributed by atoms with Gasteiger partial charge in [-0.1, -0.05) is 11.6 Å². The van der Waals surface area contributed by atoms with Gasteiger partial charge in [0, 0.05) is 29.1 Å². The van der Waals surface area contributed by atoms with Gasteiger partial charge in [-0.25, -0.2) is 19.4 Å². The lowest BCUT2D eigenvalue weighted by Gasteiger charge is -2.25. The standard InChI is InChI=1S/C22H20ClN6O2S/c1-29(15-3-5-19(17(23)11-15)31-12-20-25-6-9-32-20)7-8-30-22(29)28-14-2-4-18-16(10-14)21(24)27-13-26-18/h2-6,9-11,13H,7-8,12H2,1H3,(H2,24,26,27)/q+1. The summed E-state index contributed by atoms with van der Waals surface area (Å²) in [4.78, 5) is 17.3. The van der Waals surface area contributed by atoms with Crippen molar-refractivity contribution in [3.05, 3.63) is 64.3 Å². The van der Waals surface area contributed by atoms with Crippen molar-refractivity contribution in [3.8, 4) is 5.75 Å². The number of benzene rings is 2. The zero-order valence-electron chi connectivity index (χ0n) is 17.2. The molecule has 1 aliphatic rings. The van der Waals surface area contributed by atoms with E-state index in [-0.39, 0.29) is 0 Å². The number of nitrogens with zero attached hydrogens (tertiary/aromatic N) is 5. The third kappa shape index (κ3) is 3.86. The van der Waals surface area contributed by atoms with E-state index >= 15 is 0 Å². The number of likely N-dealkylation sites (N-methyl/N-ethyl adjacent to an activating group) is 1. The number of ether oxygens (including phenoxy) is 2. The molecular formula is C22H20ClN6O2S+. The van der Waals surface area contributed by atoms with Gasteiger partial charge >= 0.3 is 6.02 Å². The number of rotatable bonds is 5. The van der Waals surface area contributed by atoms with E-state index in [1.165, 1.54) is 6.33 Å². The van der Waals surface area contributed by atoms with Crippen molar-refractivity contribution < 1.29 is 9.47 Å². The van der Waals surface area contributed by atoms with E-state index in [4.69, 9.17) is 31.8 Å². The van der Waals surface area contributed by atoms with Gasteiger partial charge in [0.2, 0.25) is 0 Å². The SMILES string of the molecule is C[N+]1(c2ccc(OCc3nccs3)c(Cl)c2)CCOC1=Nc1ccc2ncnc(N)c2c1. The predicted octanol–water partition coefficient (Wildman–Crippen LogP) is 4.56. The molecule has 4 aromatic rings. The molecule has 0 amide bonds. The minimum absolute atomic E-state index is 0.380. The molecule has 2 N–H and O–H groups in total. The molecule has 0 bridgehead atoms. The van der Waals surface area contributed by atoms with E-state index < -0.39 is 0 Å². The number of amidine groups is 1. The topological polar surface area (TPSA) is 95.5 Å². The van der Waals surface area contributed by atoms with Crippen LogP contribution >= 0.6 is 22.9 Å². The van der Waals surface area contributed by atoms with Crippen LogP contribution in [0.5, 0.6) is 5.75 Å². The molecule has 3 heterocycles. The van der Waals surface area contributed by atoms with Gasteiger partial charge in [0.1, 0.15) is 48.3 Å². The van der Waals surface area contributed by atoms with E-state index in [2.05, 4.69) is 15.0 Å². The Bertz CT molecular complexity index is 1310. The van der Waals surface area contributed by atoms with Crippen molar-refractivity contribution >= 4 is 57.1 Å². The molecule has 5 rings (SSSR count). The van der Waals surface area contributed by atoms with Gasteiger partial charge in [-0.2, -0.15) is 4.99 Å². The molecule has 0 saturated carbocycles. The molecule has 32 heavy (non-hydrogen) atoms. The predicted molar refractivity (Wildman–Crippen MR) is 127 cm³/mol. The van der Waals surface area contributed by atoms with Crippen LogP contribution in [0.3, 0.4) is 0 Å². The highest BCUT2D eigenvalue weighted by Crippen LogP contribution is 2.35. The molecule has 0 radical (unpaired) electrons. The molecule has 1 aliphatic heterocycles. The fourth-order valence-corrected chi connectivity index (χ4v) is 4.32. The fourth-order valence-electron chi connectivity index (χ4n) is 3.56. The second-order valence-corrected chi connectivity index (χ2v) is 8.83. The van der Waals surface area contributed by atoms with Crippen molar-refractivity contribution in [2.75, 3.05) is 25.9 Å². The van der Waals surface area contributed by atoms with Gasteiger partial charge in [-0.15, -0.1) is 11.3 Å². The lowest BCUT2D eigenvalue weighted by Crippen LogP contribution is -2.46. The summed E-state index contributed by atoms with van der Waals surface area (Å²) in [7, 11) is 2.05. The first-order chi connectivity index (χ1) is 15.5. The molecule has 8 nitrogen and oxygen atoms in total. The average Bonchev–Trinajstić information content (AvgIpc) is 3.44. The third-order valence-electron chi connectivity index (χ3n) is 5.39. The molecule has 162 valence electrons. The largest absolute Gasteiger partial charge is 0.485 e. The molecule has 0 spiro atoms. The van der Waals surface area contributed by atoms with Crippen LogP contribution in [0.25, 0.3) is 10.9 Å². The molecule has 1 fully saturated rings. The summed E-state index contributed by atoms with van der Waals surface area (Å²) >= 11 is 8.08. The van der Waals surface area contributed by atoms with Crippen molar-refractivity contribution in [1.29, 1.82) is 0 Å². The van der Waals surface area contributed by atoms with Crippen LogP contribution in [0.4, 0.5) is 17.2 Å². The first kappa shape index (κ1) is 20.6. The van der Waals surface area contributed by atoms with Crippen molar-refractivity contribution in [2.45, 2.75) is 6.61 Å². The van der Waals surface area contributed by atoms with E-state index in [1.54, 1.807) is 17.5 Å². The molecular weight excluding hydrogens is 448 g/mol. The van der Waals surface area contributed by atoms with Crippen LogP contribution in [0.2, 0.25) is 5.02 Å². The second-order valence-electron chi connectivity index (χ2n) is 7.45. The Hall–Kier alpha value is -3.27. The fraction of sp³-hybridized carbons (Fsp3) is 0.182. The lowest BCUT2D eigenvalue weighted by molar-refractivity contribution is 0.305. The van der Waals surface area contributed by atoms with Gasteiger partial charge in [-0.05, 0) is 24.3 Å². The summed E-state index contributed by atoms with van der Waals surface area (Å²) in [5.41, 5.74) is 8.44. The Morgan fingerprint density at radius 3 is 2.94 bits per heavy atom.